The Morgan fingerprint density at radius 1 is 1.04 bits per heavy atom. The van der Waals surface area contributed by atoms with Gasteiger partial charge in [0.2, 0.25) is 0 Å². The van der Waals surface area contributed by atoms with Crippen molar-refractivity contribution < 1.29 is 0 Å². The molecule has 0 bridgehead atoms. The van der Waals surface area contributed by atoms with Crippen molar-refractivity contribution >= 4 is 16.8 Å². The molecule has 2 aromatic carbocycles. The molecule has 0 fully saturated rings. The molecule has 0 saturated heterocycles. The van der Waals surface area contributed by atoms with Crippen molar-refractivity contribution in [2.75, 3.05) is 18.5 Å². The van der Waals surface area contributed by atoms with E-state index in [-0.39, 0.29) is 0 Å². The standard InChI is InChI=1S/C26H34N2/c1-19(2)21-10-12-24(13-11-21)28-18-27-17-23-16-26(4,5)15-14-25(23)22-8-6-20(3)7-9-22/h6-13,27-28H,1,14-18H2,2-5H3. The van der Waals surface area contributed by atoms with Crippen LogP contribution in [0.5, 0.6) is 0 Å². The molecule has 2 N–H and O–H groups in total. The summed E-state index contributed by atoms with van der Waals surface area (Å²) in [6.07, 6.45) is 3.59. The molecule has 0 aliphatic heterocycles. The molecule has 0 aromatic heterocycles. The molecule has 1 aliphatic rings. The molecule has 28 heavy (non-hydrogen) atoms. The first kappa shape index (κ1) is 20.4. The number of rotatable bonds is 7. The van der Waals surface area contributed by atoms with Crippen molar-refractivity contribution in [3.05, 3.63) is 77.4 Å². The predicted molar refractivity (Wildman–Crippen MR) is 123 cm³/mol. The van der Waals surface area contributed by atoms with Gasteiger partial charge < -0.3 is 5.32 Å². The maximum atomic E-state index is 3.99. The maximum absolute atomic E-state index is 3.99. The van der Waals surface area contributed by atoms with Gasteiger partial charge in [0.25, 0.3) is 0 Å². The van der Waals surface area contributed by atoms with Crippen molar-refractivity contribution in [3.8, 4) is 0 Å². The fourth-order valence-electron chi connectivity index (χ4n) is 3.94. The molecule has 148 valence electrons. The van der Waals surface area contributed by atoms with Gasteiger partial charge in [-0.15, -0.1) is 0 Å². The fraction of sp³-hybridized carbons (Fsp3) is 0.385. The maximum Gasteiger partial charge on any atom is 0.0655 e. The first-order chi connectivity index (χ1) is 13.3. The highest BCUT2D eigenvalue weighted by atomic mass is 15.1. The van der Waals surface area contributed by atoms with E-state index in [4.69, 9.17) is 0 Å². The molecule has 0 atom stereocenters. The van der Waals surface area contributed by atoms with Crippen LogP contribution >= 0.6 is 0 Å². The summed E-state index contributed by atoms with van der Waals surface area (Å²) in [5.41, 5.74) is 9.61. The van der Waals surface area contributed by atoms with Gasteiger partial charge >= 0.3 is 0 Å². The Morgan fingerprint density at radius 3 is 2.36 bits per heavy atom. The predicted octanol–water partition coefficient (Wildman–Crippen LogP) is 6.65. The third kappa shape index (κ3) is 5.36. The Kier molecular flexibility index (Phi) is 6.41. The van der Waals surface area contributed by atoms with Crippen LogP contribution in [0.15, 0.2) is 60.7 Å². The molecule has 2 aromatic rings. The first-order valence-electron chi connectivity index (χ1n) is 10.3. The third-order valence-electron chi connectivity index (χ3n) is 5.70. The van der Waals surface area contributed by atoms with Crippen molar-refractivity contribution in [3.63, 3.8) is 0 Å². The average Bonchev–Trinajstić information content (AvgIpc) is 2.66. The van der Waals surface area contributed by atoms with Gasteiger partial charge in [-0.2, -0.15) is 0 Å². The van der Waals surface area contributed by atoms with Gasteiger partial charge in [0.05, 0.1) is 6.67 Å². The Hall–Kier alpha value is -2.32. The van der Waals surface area contributed by atoms with Gasteiger partial charge in [-0.05, 0) is 67.4 Å². The van der Waals surface area contributed by atoms with E-state index in [1.165, 1.54) is 35.1 Å². The van der Waals surface area contributed by atoms with Crippen LogP contribution in [-0.2, 0) is 0 Å². The lowest BCUT2D eigenvalue weighted by Crippen LogP contribution is -2.28. The van der Waals surface area contributed by atoms with Gasteiger partial charge in [-0.25, -0.2) is 0 Å². The Balaban J connectivity index is 1.63. The summed E-state index contributed by atoms with van der Waals surface area (Å²) < 4.78 is 0. The molecular formula is C26H34N2. The van der Waals surface area contributed by atoms with Crippen LogP contribution in [0, 0.1) is 12.3 Å². The lowest BCUT2D eigenvalue weighted by atomic mass is 9.73. The zero-order valence-corrected chi connectivity index (χ0v) is 17.9. The largest absolute Gasteiger partial charge is 0.372 e. The summed E-state index contributed by atoms with van der Waals surface area (Å²) in [6, 6.07) is 17.5. The van der Waals surface area contributed by atoms with Crippen molar-refractivity contribution in [2.45, 2.75) is 47.0 Å². The van der Waals surface area contributed by atoms with Gasteiger partial charge in [-0.3, -0.25) is 5.32 Å². The molecule has 0 radical (unpaired) electrons. The quantitative estimate of drug-likeness (QED) is 0.419. The number of nitrogens with one attached hydrogen (secondary N) is 2. The highest BCUT2D eigenvalue weighted by molar-refractivity contribution is 5.70. The summed E-state index contributed by atoms with van der Waals surface area (Å²) in [5.74, 6) is 0. The second-order valence-electron chi connectivity index (χ2n) is 8.93. The monoisotopic (exact) mass is 374 g/mol. The smallest absolute Gasteiger partial charge is 0.0655 e. The van der Waals surface area contributed by atoms with Crippen molar-refractivity contribution in [2.24, 2.45) is 5.41 Å². The summed E-state index contributed by atoms with van der Waals surface area (Å²) in [5, 5.41) is 7.07. The van der Waals surface area contributed by atoms with Gasteiger partial charge in [0, 0.05) is 12.2 Å². The van der Waals surface area contributed by atoms with E-state index in [2.05, 4.69) is 86.5 Å². The van der Waals surface area contributed by atoms with Crippen molar-refractivity contribution in [1.29, 1.82) is 0 Å². The lowest BCUT2D eigenvalue weighted by molar-refractivity contribution is 0.321. The fourth-order valence-corrected chi connectivity index (χ4v) is 3.94. The zero-order valence-electron chi connectivity index (χ0n) is 17.9. The van der Waals surface area contributed by atoms with Crippen LogP contribution < -0.4 is 10.6 Å². The minimum atomic E-state index is 0.386. The highest BCUT2D eigenvalue weighted by Gasteiger charge is 2.27. The van der Waals surface area contributed by atoms with E-state index in [0.717, 1.165) is 30.9 Å². The first-order valence-corrected chi connectivity index (χ1v) is 10.3. The molecule has 0 spiro atoms. The van der Waals surface area contributed by atoms with E-state index in [1.807, 2.05) is 6.92 Å². The van der Waals surface area contributed by atoms with E-state index >= 15 is 0 Å². The number of hydrogen-bond donors (Lipinski definition) is 2. The molecule has 0 saturated carbocycles. The number of allylic oxidation sites excluding steroid dienone is 2. The molecular weight excluding hydrogens is 340 g/mol. The second kappa shape index (κ2) is 8.79. The summed E-state index contributed by atoms with van der Waals surface area (Å²) in [7, 11) is 0. The highest BCUT2D eigenvalue weighted by Crippen LogP contribution is 2.42. The van der Waals surface area contributed by atoms with Crippen LogP contribution in [0.2, 0.25) is 0 Å². The molecule has 2 nitrogen and oxygen atoms in total. The SMILES string of the molecule is C=C(C)c1ccc(NCNCC2=C(c3ccc(C)cc3)CCC(C)(C)C2)cc1. The molecule has 0 heterocycles. The topological polar surface area (TPSA) is 24.1 Å². The van der Waals surface area contributed by atoms with Crippen molar-refractivity contribution in [1.82, 2.24) is 5.32 Å². The second-order valence-corrected chi connectivity index (χ2v) is 8.93. The average molecular weight is 375 g/mol. The molecule has 0 unspecified atom stereocenters. The number of aryl methyl sites for hydroxylation is 1. The van der Waals surface area contributed by atoms with Crippen LogP contribution in [0.4, 0.5) is 5.69 Å². The summed E-state index contributed by atoms with van der Waals surface area (Å²) in [4.78, 5) is 0. The molecule has 2 heteroatoms. The number of anilines is 1. The Bertz CT molecular complexity index is 839. The van der Waals surface area contributed by atoms with E-state index < -0.39 is 0 Å². The number of hydrogen-bond acceptors (Lipinski definition) is 2. The van der Waals surface area contributed by atoms with E-state index in [9.17, 15) is 0 Å². The van der Waals surface area contributed by atoms with Gasteiger partial charge in [0.15, 0.2) is 0 Å². The van der Waals surface area contributed by atoms with Gasteiger partial charge in [0.1, 0.15) is 0 Å². The van der Waals surface area contributed by atoms with Crippen LogP contribution in [0.1, 0.15) is 56.7 Å². The molecule has 1 aliphatic carbocycles. The number of benzene rings is 2. The van der Waals surface area contributed by atoms with Gasteiger partial charge in [-0.1, -0.05) is 73.5 Å². The molecule has 0 amide bonds. The third-order valence-corrected chi connectivity index (χ3v) is 5.70. The van der Waals surface area contributed by atoms with E-state index in [0.29, 0.717) is 5.41 Å². The lowest BCUT2D eigenvalue weighted by Gasteiger charge is -2.34. The van der Waals surface area contributed by atoms with Crippen LogP contribution in [-0.4, -0.2) is 13.2 Å². The molecule has 3 rings (SSSR count). The summed E-state index contributed by atoms with van der Waals surface area (Å²) in [6.45, 7) is 14.7. The normalized spacial score (nSPS) is 16.1. The Labute approximate surface area is 170 Å². The summed E-state index contributed by atoms with van der Waals surface area (Å²) >= 11 is 0. The minimum absolute atomic E-state index is 0.386. The minimum Gasteiger partial charge on any atom is -0.372 e. The van der Waals surface area contributed by atoms with Crippen LogP contribution in [0.3, 0.4) is 0 Å². The van der Waals surface area contributed by atoms with Crippen LogP contribution in [0.25, 0.3) is 11.1 Å². The Morgan fingerprint density at radius 2 is 1.71 bits per heavy atom. The zero-order chi connectivity index (χ0) is 20.1. The van der Waals surface area contributed by atoms with E-state index in [1.54, 1.807) is 5.57 Å².